The molecule has 0 saturated heterocycles. The first-order valence-corrected chi connectivity index (χ1v) is 5.51. The van der Waals surface area contributed by atoms with Crippen LogP contribution in [-0.2, 0) is 0 Å². The zero-order valence-corrected chi connectivity index (χ0v) is 10.6. The molecule has 0 aliphatic rings. The van der Waals surface area contributed by atoms with E-state index < -0.39 is 0 Å². The van der Waals surface area contributed by atoms with E-state index in [1.807, 2.05) is 18.2 Å². The minimum Gasteiger partial charge on any atom is -0.496 e. The molecule has 0 unspecified atom stereocenters. The summed E-state index contributed by atoms with van der Waals surface area (Å²) < 4.78 is 10.7. The molecule has 0 aliphatic heterocycles. The predicted octanol–water partition coefficient (Wildman–Crippen LogP) is 2.20. The summed E-state index contributed by atoms with van der Waals surface area (Å²) >= 11 is 0. The van der Waals surface area contributed by atoms with Gasteiger partial charge in [0.2, 0.25) is 0 Å². The van der Waals surface area contributed by atoms with Crippen molar-refractivity contribution in [3.63, 3.8) is 0 Å². The summed E-state index contributed by atoms with van der Waals surface area (Å²) in [7, 11) is 5.04. The molecule has 1 heterocycles. The van der Waals surface area contributed by atoms with Crippen LogP contribution in [0, 0.1) is 0 Å². The van der Waals surface area contributed by atoms with Gasteiger partial charge in [0.1, 0.15) is 17.3 Å². The zero-order chi connectivity index (χ0) is 13.0. The molecule has 0 saturated carbocycles. The molecule has 0 bridgehead atoms. The fourth-order valence-corrected chi connectivity index (χ4v) is 1.71. The van der Waals surface area contributed by atoms with Crippen molar-refractivity contribution in [1.29, 1.82) is 0 Å². The molecule has 0 amide bonds. The highest BCUT2D eigenvalue weighted by Gasteiger charge is 2.14. The maximum absolute atomic E-state index is 5.35. The molecule has 18 heavy (non-hydrogen) atoms. The molecule has 1 N–H and O–H groups in total. The maximum atomic E-state index is 5.35. The predicted molar refractivity (Wildman–Crippen MR) is 70.1 cm³/mol. The second-order valence-electron chi connectivity index (χ2n) is 3.58. The van der Waals surface area contributed by atoms with E-state index in [1.165, 1.54) is 0 Å². The Balaban J connectivity index is 2.60. The zero-order valence-electron chi connectivity index (χ0n) is 10.6. The Morgan fingerprint density at radius 2 is 1.72 bits per heavy atom. The van der Waals surface area contributed by atoms with E-state index in [0.29, 0.717) is 23.0 Å². The van der Waals surface area contributed by atoms with Crippen LogP contribution >= 0.6 is 0 Å². The van der Waals surface area contributed by atoms with Gasteiger partial charge in [-0.2, -0.15) is 0 Å². The van der Waals surface area contributed by atoms with Crippen molar-refractivity contribution in [3.8, 4) is 22.8 Å². The van der Waals surface area contributed by atoms with Gasteiger partial charge in [0, 0.05) is 7.05 Å². The van der Waals surface area contributed by atoms with E-state index in [2.05, 4.69) is 15.3 Å². The highest BCUT2D eigenvalue weighted by Crippen LogP contribution is 2.36. The van der Waals surface area contributed by atoms with Gasteiger partial charge in [0.05, 0.1) is 37.9 Å². The second-order valence-corrected chi connectivity index (χ2v) is 3.58. The van der Waals surface area contributed by atoms with E-state index in [9.17, 15) is 0 Å². The van der Waals surface area contributed by atoms with Gasteiger partial charge >= 0.3 is 0 Å². The summed E-state index contributed by atoms with van der Waals surface area (Å²) in [6, 6.07) is 5.60. The van der Waals surface area contributed by atoms with Crippen LogP contribution in [0.2, 0.25) is 0 Å². The Labute approximate surface area is 106 Å². The van der Waals surface area contributed by atoms with Crippen LogP contribution in [0.25, 0.3) is 11.3 Å². The number of ether oxygens (including phenoxy) is 2. The molecule has 94 valence electrons. The van der Waals surface area contributed by atoms with E-state index in [-0.39, 0.29) is 0 Å². The van der Waals surface area contributed by atoms with Crippen molar-refractivity contribution in [2.75, 3.05) is 26.6 Å². The Bertz CT molecular complexity index is 521. The Kier molecular flexibility index (Phi) is 3.62. The van der Waals surface area contributed by atoms with E-state index >= 15 is 0 Å². The monoisotopic (exact) mass is 245 g/mol. The first kappa shape index (κ1) is 12.2. The molecule has 0 atom stereocenters. The Morgan fingerprint density at radius 3 is 2.28 bits per heavy atom. The summed E-state index contributed by atoms with van der Waals surface area (Å²) in [6.07, 6.45) is 3.34. The van der Waals surface area contributed by atoms with Crippen molar-refractivity contribution in [3.05, 3.63) is 30.6 Å². The quantitative estimate of drug-likeness (QED) is 0.895. The van der Waals surface area contributed by atoms with Crippen molar-refractivity contribution < 1.29 is 9.47 Å². The van der Waals surface area contributed by atoms with Crippen molar-refractivity contribution in [1.82, 2.24) is 9.97 Å². The summed E-state index contributed by atoms with van der Waals surface area (Å²) in [5, 5.41) is 2.96. The van der Waals surface area contributed by atoms with Gasteiger partial charge in [-0.15, -0.1) is 0 Å². The number of hydrogen-bond acceptors (Lipinski definition) is 5. The minimum absolute atomic E-state index is 0.695. The summed E-state index contributed by atoms with van der Waals surface area (Å²) in [5.41, 5.74) is 1.50. The lowest BCUT2D eigenvalue weighted by molar-refractivity contribution is 0.397. The Morgan fingerprint density at radius 1 is 1.06 bits per heavy atom. The van der Waals surface area contributed by atoms with Crippen LogP contribution in [0.4, 0.5) is 5.82 Å². The van der Waals surface area contributed by atoms with Gasteiger partial charge in [0.25, 0.3) is 0 Å². The van der Waals surface area contributed by atoms with Gasteiger partial charge in [-0.3, -0.25) is 4.98 Å². The lowest BCUT2D eigenvalue weighted by Gasteiger charge is -2.12. The molecule has 0 spiro atoms. The highest BCUT2D eigenvalue weighted by atomic mass is 16.5. The molecule has 2 rings (SSSR count). The SMILES string of the molecule is CNc1cncc(-c2c(OC)cccc2OC)n1. The van der Waals surface area contributed by atoms with Crippen molar-refractivity contribution in [2.24, 2.45) is 0 Å². The average Bonchev–Trinajstić information content (AvgIpc) is 2.46. The van der Waals surface area contributed by atoms with Crippen LogP contribution in [0.15, 0.2) is 30.6 Å². The maximum Gasteiger partial charge on any atom is 0.144 e. The topological polar surface area (TPSA) is 56.3 Å². The molecular weight excluding hydrogens is 230 g/mol. The van der Waals surface area contributed by atoms with Gasteiger partial charge < -0.3 is 14.8 Å². The van der Waals surface area contributed by atoms with Gasteiger partial charge in [-0.1, -0.05) is 6.07 Å². The summed E-state index contributed by atoms with van der Waals surface area (Å²) in [4.78, 5) is 8.59. The number of nitrogens with one attached hydrogen (secondary N) is 1. The third kappa shape index (κ3) is 2.20. The third-order valence-electron chi connectivity index (χ3n) is 2.57. The van der Waals surface area contributed by atoms with Crippen LogP contribution in [0.5, 0.6) is 11.5 Å². The molecule has 1 aromatic heterocycles. The molecule has 0 fully saturated rings. The largest absolute Gasteiger partial charge is 0.496 e. The summed E-state index contributed by atoms with van der Waals surface area (Å²) in [5.74, 6) is 2.11. The van der Waals surface area contributed by atoms with Crippen LogP contribution < -0.4 is 14.8 Å². The number of methoxy groups -OCH3 is 2. The van der Waals surface area contributed by atoms with Gasteiger partial charge in [-0.05, 0) is 12.1 Å². The van der Waals surface area contributed by atoms with Gasteiger partial charge in [0.15, 0.2) is 0 Å². The van der Waals surface area contributed by atoms with Crippen LogP contribution in [0.1, 0.15) is 0 Å². The minimum atomic E-state index is 0.695. The molecule has 1 aromatic carbocycles. The fourth-order valence-electron chi connectivity index (χ4n) is 1.71. The molecule has 0 radical (unpaired) electrons. The summed E-state index contributed by atoms with van der Waals surface area (Å²) in [6.45, 7) is 0. The first-order chi connectivity index (χ1) is 8.80. The van der Waals surface area contributed by atoms with Gasteiger partial charge in [-0.25, -0.2) is 4.98 Å². The van der Waals surface area contributed by atoms with Crippen LogP contribution in [-0.4, -0.2) is 31.2 Å². The molecular formula is C13H15N3O2. The number of aromatic nitrogens is 2. The normalized spacial score (nSPS) is 9.94. The van der Waals surface area contributed by atoms with E-state index in [1.54, 1.807) is 33.7 Å². The lowest BCUT2D eigenvalue weighted by atomic mass is 10.1. The number of anilines is 1. The standard InChI is InChI=1S/C13H15N3O2/c1-14-12-8-15-7-9(16-12)13-10(17-2)5-4-6-11(13)18-3/h4-8H,1-3H3,(H,14,16). The smallest absolute Gasteiger partial charge is 0.144 e. The number of hydrogen-bond donors (Lipinski definition) is 1. The van der Waals surface area contributed by atoms with E-state index in [4.69, 9.17) is 9.47 Å². The Hall–Kier alpha value is -2.30. The number of nitrogens with zero attached hydrogens (tertiary/aromatic N) is 2. The number of benzene rings is 1. The van der Waals surface area contributed by atoms with Crippen molar-refractivity contribution >= 4 is 5.82 Å². The second kappa shape index (κ2) is 5.35. The molecule has 2 aromatic rings. The number of rotatable bonds is 4. The molecule has 0 aliphatic carbocycles. The van der Waals surface area contributed by atoms with Crippen molar-refractivity contribution in [2.45, 2.75) is 0 Å². The fraction of sp³-hybridized carbons (Fsp3) is 0.231. The molecule has 5 heteroatoms. The average molecular weight is 245 g/mol. The van der Waals surface area contributed by atoms with Crippen LogP contribution in [0.3, 0.4) is 0 Å². The van der Waals surface area contributed by atoms with E-state index in [0.717, 1.165) is 5.56 Å². The molecule has 5 nitrogen and oxygen atoms in total. The highest BCUT2D eigenvalue weighted by molar-refractivity contribution is 5.74. The lowest BCUT2D eigenvalue weighted by Crippen LogP contribution is -1.98. The first-order valence-electron chi connectivity index (χ1n) is 5.51. The third-order valence-corrected chi connectivity index (χ3v) is 2.57.